The van der Waals surface area contributed by atoms with Crippen molar-refractivity contribution in [3.63, 3.8) is 0 Å². The minimum atomic E-state index is -3.05. The van der Waals surface area contributed by atoms with Crippen LogP contribution in [0, 0.1) is 5.82 Å². The number of halogens is 4. The molecule has 0 spiro atoms. The smallest absolute Gasteiger partial charge is 0.387 e. The maximum atomic E-state index is 13.7. The van der Waals surface area contributed by atoms with E-state index >= 15 is 0 Å². The van der Waals surface area contributed by atoms with Crippen molar-refractivity contribution in [2.24, 2.45) is 0 Å². The molecule has 2 rings (SSSR count). The average molecular weight is 346 g/mol. The van der Waals surface area contributed by atoms with Gasteiger partial charge in [0.15, 0.2) is 11.5 Å². The molecule has 8 heteroatoms. The van der Waals surface area contributed by atoms with E-state index < -0.39 is 18.3 Å². The summed E-state index contributed by atoms with van der Waals surface area (Å²) in [4.78, 5) is 12.0. The number of nitrogens with one attached hydrogen (secondary N) is 1. The van der Waals surface area contributed by atoms with Gasteiger partial charge in [-0.3, -0.25) is 4.79 Å². The minimum Gasteiger partial charge on any atom is -0.493 e. The summed E-state index contributed by atoms with van der Waals surface area (Å²) in [6, 6.07) is 7.47. The molecule has 1 amide bonds. The van der Waals surface area contributed by atoms with Gasteiger partial charge in [-0.15, -0.1) is 0 Å². The van der Waals surface area contributed by atoms with Crippen LogP contribution in [0.1, 0.15) is 10.4 Å². The van der Waals surface area contributed by atoms with Crippen LogP contribution < -0.4 is 14.8 Å². The van der Waals surface area contributed by atoms with Gasteiger partial charge in [0, 0.05) is 16.8 Å². The van der Waals surface area contributed by atoms with Gasteiger partial charge in [0.25, 0.3) is 5.91 Å². The molecule has 2 aromatic carbocycles. The largest absolute Gasteiger partial charge is 0.493 e. The van der Waals surface area contributed by atoms with Crippen molar-refractivity contribution in [1.29, 1.82) is 0 Å². The van der Waals surface area contributed by atoms with Crippen molar-refractivity contribution in [2.45, 2.75) is 6.61 Å². The van der Waals surface area contributed by atoms with E-state index in [-0.39, 0.29) is 27.8 Å². The number of methoxy groups -OCH3 is 1. The highest BCUT2D eigenvalue weighted by molar-refractivity contribution is 6.30. The zero-order valence-electron chi connectivity index (χ0n) is 11.8. The van der Waals surface area contributed by atoms with Crippen LogP contribution in [-0.4, -0.2) is 19.6 Å². The van der Waals surface area contributed by atoms with Crippen LogP contribution in [0.4, 0.5) is 18.9 Å². The van der Waals surface area contributed by atoms with Gasteiger partial charge in [0.2, 0.25) is 0 Å². The van der Waals surface area contributed by atoms with Gasteiger partial charge in [-0.1, -0.05) is 11.6 Å². The SMILES string of the molecule is COc1ccc(NC(=O)c2ccc(Cl)cc2F)cc1OC(F)F. The van der Waals surface area contributed by atoms with Crippen LogP contribution in [0.25, 0.3) is 0 Å². The predicted molar refractivity (Wildman–Crippen MR) is 79.0 cm³/mol. The number of hydrogen-bond donors (Lipinski definition) is 1. The quantitative estimate of drug-likeness (QED) is 0.876. The highest BCUT2D eigenvalue weighted by atomic mass is 35.5. The number of carbonyl (C=O) groups is 1. The lowest BCUT2D eigenvalue weighted by Crippen LogP contribution is -2.14. The molecular weight excluding hydrogens is 335 g/mol. The second-order valence-corrected chi connectivity index (χ2v) is 4.76. The van der Waals surface area contributed by atoms with Crippen molar-refractivity contribution >= 4 is 23.2 Å². The van der Waals surface area contributed by atoms with E-state index in [4.69, 9.17) is 16.3 Å². The fourth-order valence-corrected chi connectivity index (χ4v) is 1.97. The molecule has 0 heterocycles. The Morgan fingerprint density at radius 2 is 1.91 bits per heavy atom. The normalized spacial score (nSPS) is 10.5. The number of benzene rings is 2. The van der Waals surface area contributed by atoms with E-state index in [1.54, 1.807) is 0 Å². The molecule has 2 aromatic rings. The van der Waals surface area contributed by atoms with Crippen LogP contribution in [0.2, 0.25) is 5.02 Å². The zero-order valence-corrected chi connectivity index (χ0v) is 12.5. The van der Waals surface area contributed by atoms with E-state index in [1.807, 2.05) is 0 Å². The molecule has 0 atom stereocenters. The first kappa shape index (κ1) is 17.0. The van der Waals surface area contributed by atoms with Crippen molar-refractivity contribution in [3.8, 4) is 11.5 Å². The van der Waals surface area contributed by atoms with Crippen LogP contribution in [0.5, 0.6) is 11.5 Å². The summed E-state index contributed by atoms with van der Waals surface area (Å²) in [5.74, 6) is -1.74. The standard InChI is InChI=1S/C15H11ClF3NO3/c1-22-12-5-3-9(7-13(12)23-15(18)19)20-14(21)10-4-2-8(16)6-11(10)17/h2-7,15H,1H3,(H,20,21). The van der Waals surface area contributed by atoms with Crippen LogP contribution in [0.15, 0.2) is 36.4 Å². The number of amides is 1. The van der Waals surface area contributed by atoms with E-state index in [1.165, 1.54) is 31.4 Å². The van der Waals surface area contributed by atoms with Gasteiger partial charge in [-0.05, 0) is 30.3 Å². The molecule has 23 heavy (non-hydrogen) atoms. The molecule has 122 valence electrons. The molecule has 0 fully saturated rings. The fourth-order valence-electron chi connectivity index (χ4n) is 1.81. The minimum absolute atomic E-state index is 0.0703. The Hall–Kier alpha value is -2.41. The average Bonchev–Trinajstić information content (AvgIpc) is 2.46. The maximum absolute atomic E-state index is 13.7. The van der Waals surface area contributed by atoms with Crippen molar-refractivity contribution < 1.29 is 27.4 Å². The summed E-state index contributed by atoms with van der Waals surface area (Å²) < 4.78 is 47.6. The molecule has 0 unspecified atom stereocenters. The molecular formula is C15H11ClF3NO3. The van der Waals surface area contributed by atoms with Crippen LogP contribution in [-0.2, 0) is 0 Å². The van der Waals surface area contributed by atoms with E-state index in [9.17, 15) is 18.0 Å². The van der Waals surface area contributed by atoms with Crippen molar-refractivity contribution in [3.05, 3.63) is 52.8 Å². The fraction of sp³-hybridized carbons (Fsp3) is 0.133. The number of alkyl halides is 2. The Kier molecular flexibility index (Phi) is 5.33. The summed E-state index contributed by atoms with van der Waals surface area (Å²) >= 11 is 5.61. The third-order valence-electron chi connectivity index (χ3n) is 2.81. The molecule has 0 aliphatic carbocycles. The lowest BCUT2D eigenvalue weighted by molar-refractivity contribution is -0.0511. The third-order valence-corrected chi connectivity index (χ3v) is 3.05. The molecule has 1 N–H and O–H groups in total. The molecule has 0 saturated carbocycles. The number of hydrogen-bond acceptors (Lipinski definition) is 3. The van der Waals surface area contributed by atoms with E-state index in [0.717, 1.165) is 12.1 Å². The van der Waals surface area contributed by atoms with Gasteiger partial charge in [-0.25, -0.2) is 4.39 Å². The predicted octanol–water partition coefficient (Wildman–Crippen LogP) is 4.34. The Bertz CT molecular complexity index is 725. The number of rotatable bonds is 5. The zero-order chi connectivity index (χ0) is 17.0. The Balaban J connectivity index is 2.23. The van der Waals surface area contributed by atoms with Crippen LogP contribution >= 0.6 is 11.6 Å². The van der Waals surface area contributed by atoms with Gasteiger partial charge >= 0.3 is 6.61 Å². The Morgan fingerprint density at radius 3 is 2.52 bits per heavy atom. The first-order valence-electron chi connectivity index (χ1n) is 6.30. The second-order valence-electron chi connectivity index (χ2n) is 4.32. The van der Waals surface area contributed by atoms with Gasteiger partial charge in [0.05, 0.1) is 12.7 Å². The highest BCUT2D eigenvalue weighted by Gasteiger charge is 2.15. The molecule has 0 radical (unpaired) electrons. The monoisotopic (exact) mass is 345 g/mol. The molecule has 0 aliphatic heterocycles. The van der Waals surface area contributed by atoms with E-state index in [2.05, 4.69) is 10.1 Å². The summed E-state index contributed by atoms with van der Waals surface area (Å²) in [6.45, 7) is -3.05. The van der Waals surface area contributed by atoms with Crippen LogP contribution in [0.3, 0.4) is 0 Å². The van der Waals surface area contributed by atoms with Crippen molar-refractivity contribution in [1.82, 2.24) is 0 Å². The summed E-state index contributed by atoms with van der Waals surface area (Å²) in [6.07, 6.45) is 0. The van der Waals surface area contributed by atoms with Gasteiger partial charge in [0.1, 0.15) is 5.82 Å². The molecule has 0 aliphatic rings. The molecule has 0 bridgehead atoms. The molecule has 0 saturated heterocycles. The lowest BCUT2D eigenvalue weighted by atomic mass is 10.2. The first-order chi connectivity index (χ1) is 10.9. The number of anilines is 1. The summed E-state index contributed by atoms with van der Waals surface area (Å²) in [5, 5.41) is 2.53. The maximum Gasteiger partial charge on any atom is 0.387 e. The topological polar surface area (TPSA) is 47.6 Å². The van der Waals surface area contributed by atoms with Gasteiger partial charge in [-0.2, -0.15) is 8.78 Å². The van der Waals surface area contributed by atoms with E-state index in [0.29, 0.717) is 0 Å². The third kappa shape index (κ3) is 4.29. The second kappa shape index (κ2) is 7.23. The Morgan fingerprint density at radius 1 is 1.17 bits per heavy atom. The summed E-state index contributed by atoms with van der Waals surface area (Å²) in [5.41, 5.74) is -0.0950. The Labute approximate surface area is 134 Å². The van der Waals surface area contributed by atoms with Crippen molar-refractivity contribution in [2.75, 3.05) is 12.4 Å². The molecule has 4 nitrogen and oxygen atoms in total. The molecule has 0 aromatic heterocycles. The first-order valence-corrected chi connectivity index (χ1v) is 6.67. The van der Waals surface area contributed by atoms with Gasteiger partial charge < -0.3 is 14.8 Å². The highest BCUT2D eigenvalue weighted by Crippen LogP contribution is 2.31. The lowest BCUT2D eigenvalue weighted by Gasteiger charge is -2.12. The number of carbonyl (C=O) groups excluding carboxylic acids is 1. The summed E-state index contributed by atoms with van der Waals surface area (Å²) in [7, 11) is 1.29. The number of ether oxygens (including phenoxy) is 2.